The molecular weight excluding hydrogens is 351 g/mol. The third kappa shape index (κ3) is 1.81. The lowest BCUT2D eigenvalue weighted by atomic mass is 9.72. The van der Waals surface area contributed by atoms with E-state index in [1.807, 2.05) is 13.8 Å². The zero-order chi connectivity index (χ0) is 17.2. The number of hydrogen-bond acceptors (Lipinski definition) is 3. The van der Waals surface area contributed by atoms with Crippen LogP contribution in [0.4, 0.5) is 11.5 Å². The summed E-state index contributed by atoms with van der Waals surface area (Å²) in [6.45, 7) is 3.90. The Kier molecular flexibility index (Phi) is 3.21. The van der Waals surface area contributed by atoms with Crippen LogP contribution in [0.5, 0.6) is 0 Å². The summed E-state index contributed by atoms with van der Waals surface area (Å²) in [4.78, 5) is 25.4. The highest BCUT2D eigenvalue weighted by atomic mass is 35.5. The summed E-state index contributed by atoms with van der Waals surface area (Å²) in [7, 11) is 0. The molecule has 2 N–H and O–H groups in total. The van der Waals surface area contributed by atoms with E-state index in [1.54, 1.807) is 23.0 Å². The summed E-state index contributed by atoms with van der Waals surface area (Å²) >= 11 is 12.6. The quantitative estimate of drug-likeness (QED) is 0.814. The predicted octanol–water partition coefficient (Wildman–Crippen LogP) is 3.35. The van der Waals surface area contributed by atoms with E-state index in [2.05, 4.69) is 15.7 Å². The molecule has 1 aromatic heterocycles. The van der Waals surface area contributed by atoms with Crippen LogP contribution in [0.15, 0.2) is 18.3 Å². The standard InChI is InChI=1S/C16H14Cl2N4O2/c1-7(2)22-14-8(6-19-22)16(5-11(23)20-14)12-9(17)3-4-10(18)13(12)21-15(16)24/h3-4,6-7H,5H2,1-2H3,(H,20,23)(H,21,24)/t16-/m1/s1. The lowest BCUT2D eigenvalue weighted by Gasteiger charge is -2.32. The maximum atomic E-state index is 13.0. The van der Waals surface area contributed by atoms with Gasteiger partial charge in [0.05, 0.1) is 16.9 Å². The Morgan fingerprint density at radius 1 is 1.21 bits per heavy atom. The molecule has 24 heavy (non-hydrogen) atoms. The summed E-state index contributed by atoms with van der Waals surface area (Å²) in [5.74, 6) is -0.0452. The van der Waals surface area contributed by atoms with Crippen molar-refractivity contribution in [3.05, 3.63) is 39.5 Å². The Morgan fingerprint density at radius 3 is 2.62 bits per heavy atom. The van der Waals surface area contributed by atoms with Crippen LogP contribution < -0.4 is 10.6 Å². The third-order valence-electron chi connectivity index (χ3n) is 4.58. The predicted molar refractivity (Wildman–Crippen MR) is 91.7 cm³/mol. The van der Waals surface area contributed by atoms with E-state index in [-0.39, 0.29) is 24.3 Å². The fourth-order valence-electron chi connectivity index (χ4n) is 3.55. The van der Waals surface area contributed by atoms with Crippen LogP contribution in [-0.2, 0) is 15.0 Å². The van der Waals surface area contributed by atoms with E-state index in [4.69, 9.17) is 23.2 Å². The topological polar surface area (TPSA) is 76.0 Å². The number of amides is 2. The molecule has 2 aromatic rings. The van der Waals surface area contributed by atoms with Gasteiger partial charge < -0.3 is 10.6 Å². The first kappa shape index (κ1) is 15.5. The van der Waals surface area contributed by atoms with Crippen molar-refractivity contribution >= 4 is 46.5 Å². The van der Waals surface area contributed by atoms with E-state index in [9.17, 15) is 9.59 Å². The molecule has 2 aliphatic heterocycles. The Morgan fingerprint density at radius 2 is 1.92 bits per heavy atom. The molecule has 1 aromatic carbocycles. The first-order chi connectivity index (χ1) is 11.4. The highest BCUT2D eigenvalue weighted by Gasteiger charge is 2.55. The zero-order valence-electron chi connectivity index (χ0n) is 13.0. The number of anilines is 2. The molecule has 0 aliphatic carbocycles. The molecule has 0 bridgehead atoms. The summed E-state index contributed by atoms with van der Waals surface area (Å²) in [6, 6.07) is 3.30. The highest BCUT2D eigenvalue weighted by Crippen LogP contribution is 2.54. The molecular formula is C16H14Cl2N4O2. The number of rotatable bonds is 1. The molecule has 0 saturated heterocycles. The van der Waals surface area contributed by atoms with Gasteiger partial charge in [-0.05, 0) is 26.0 Å². The average molecular weight is 365 g/mol. The molecule has 0 radical (unpaired) electrons. The van der Waals surface area contributed by atoms with E-state index >= 15 is 0 Å². The minimum absolute atomic E-state index is 0.0305. The number of hydrogen-bond donors (Lipinski definition) is 2. The van der Waals surface area contributed by atoms with Crippen molar-refractivity contribution in [2.45, 2.75) is 31.7 Å². The maximum Gasteiger partial charge on any atom is 0.240 e. The number of carbonyl (C=O) groups excluding carboxylic acids is 2. The summed E-state index contributed by atoms with van der Waals surface area (Å²) in [5.41, 5.74) is 0.437. The largest absolute Gasteiger partial charge is 0.323 e. The van der Waals surface area contributed by atoms with Crippen LogP contribution in [0.1, 0.15) is 37.4 Å². The third-order valence-corrected chi connectivity index (χ3v) is 5.21. The smallest absolute Gasteiger partial charge is 0.240 e. The van der Waals surface area contributed by atoms with Gasteiger partial charge in [0.25, 0.3) is 0 Å². The molecule has 1 atom stereocenters. The van der Waals surface area contributed by atoms with Gasteiger partial charge in [-0.3, -0.25) is 9.59 Å². The Hall–Kier alpha value is -2.05. The van der Waals surface area contributed by atoms with E-state index in [0.717, 1.165) is 0 Å². The Balaban J connectivity index is 2.07. The second kappa shape index (κ2) is 4.97. The van der Waals surface area contributed by atoms with Gasteiger partial charge in [-0.2, -0.15) is 5.10 Å². The maximum absolute atomic E-state index is 13.0. The van der Waals surface area contributed by atoms with Crippen LogP contribution in [0, 0.1) is 0 Å². The van der Waals surface area contributed by atoms with Crippen molar-refractivity contribution in [2.75, 3.05) is 10.6 Å². The van der Waals surface area contributed by atoms with Gasteiger partial charge in [0, 0.05) is 28.6 Å². The van der Waals surface area contributed by atoms with Gasteiger partial charge in [-0.1, -0.05) is 23.2 Å². The average Bonchev–Trinajstić information content (AvgIpc) is 3.05. The number of fused-ring (bicyclic) bond motifs is 4. The number of carbonyl (C=O) groups is 2. The summed E-state index contributed by atoms with van der Waals surface area (Å²) in [5, 5.41) is 10.8. The molecule has 0 saturated carbocycles. The fraction of sp³-hybridized carbons (Fsp3) is 0.312. The lowest BCUT2D eigenvalue weighted by Crippen LogP contribution is -2.43. The van der Waals surface area contributed by atoms with Gasteiger partial charge >= 0.3 is 0 Å². The first-order valence-electron chi connectivity index (χ1n) is 7.54. The van der Waals surface area contributed by atoms with Gasteiger partial charge in [0.15, 0.2) is 0 Å². The molecule has 6 nitrogen and oxygen atoms in total. The number of aromatic nitrogens is 2. The lowest BCUT2D eigenvalue weighted by molar-refractivity contribution is -0.125. The second-order valence-corrected chi connectivity index (χ2v) is 7.12. The van der Waals surface area contributed by atoms with Crippen molar-refractivity contribution in [3.8, 4) is 0 Å². The molecule has 124 valence electrons. The monoisotopic (exact) mass is 364 g/mol. The highest BCUT2D eigenvalue weighted by molar-refractivity contribution is 6.38. The van der Waals surface area contributed by atoms with Crippen molar-refractivity contribution < 1.29 is 9.59 Å². The Bertz CT molecular complexity index is 906. The number of benzene rings is 1. The molecule has 0 fully saturated rings. The van der Waals surface area contributed by atoms with Crippen molar-refractivity contribution in [2.24, 2.45) is 0 Å². The van der Waals surface area contributed by atoms with E-state index in [1.165, 1.54) is 0 Å². The first-order valence-corrected chi connectivity index (χ1v) is 8.29. The van der Waals surface area contributed by atoms with Crippen LogP contribution in [0.25, 0.3) is 0 Å². The number of halogens is 2. The molecule has 1 spiro atoms. The van der Waals surface area contributed by atoms with Crippen LogP contribution in [-0.4, -0.2) is 21.6 Å². The van der Waals surface area contributed by atoms with Crippen molar-refractivity contribution in [1.29, 1.82) is 0 Å². The van der Waals surface area contributed by atoms with Gasteiger partial charge in [0.2, 0.25) is 11.8 Å². The van der Waals surface area contributed by atoms with Gasteiger partial charge in [-0.15, -0.1) is 0 Å². The summed E-state index contributed by atoms with van der Waals surface area (Å²) < 4.78 is 1.69. The van der Waals surface area contributed by atoms with Crippen molar-refractivity contribution in [1.82, 2.24) is 9.78 Å². The van der Waals surface area contributed by atoms with Gasteiger partial charge in [-0.25, -0.2) is 4.68 Å². The minimum atomic E-state index is -1.21. The SMILES string of the molecule is CC(C)n1ncc2c1NC(=O)C[C@@]21C(=O)Nc2c(Cl)ccc(Cl)c21. The molecule has 0 unspecified atom stereocenters. The molecule has 2 amide bonds. The van der Waals surface area contributed by atoms with Crippen molar-refractivity contribution in [3.63, 3.8) is 0 Å². The van der Waals surface area contributed by atoms with Gasteiger partial charge in [0.1, 0.15) is 11.2 Å². The Labute approximate surface area is 148 Å². The number of nitrogens with one attached hydrogen (secondary N) is 2. The molecule has 8 heteroatoms. The van der Waals surface area contributed by atoms with Crippen LogP contribution >= 0.6 is 23.2 Å². The molecule has 3 heterocycles. The minimum Gasteiger partial charge on any atom is -0.323 e. The normalized spacial score (nSPS) is 21.7. The fourth-order valence-corrected chi connectivity index (χ4v) is 4.08. The second-order valence-electron chi connectivity index (χ2n) is 6.31. The zero-order valence-corrected chi connectivity index (χ0v) is 14.5. The van der Waals surface area contributed by atoms with E-state index < -0.39 is 5.41 Å². The summed E-state index contributed by atoms with van der Waals surface area (Å²) in [6.07, 6.45) is 1.59. The van der Waals surface area contributed by atoms with Crippen LogP contribution in [0.3, 0.4) is 0 Å². The van der Waals surface area contributed by atoms with Crippen LogP contribution in [0.2, 0.25) is 10.0 Å². The number of nitrogens with zero attached hydrogens (tertiary/aromatic N) is 2. The molecule has 4 rings (SSSR count). The van der Waals surface area contributed by atoms with E-state index in [0.29, 0.717) is 32.7 Å². The molecule has 2 aliphatic rings.